The molecule has 1 aromatic carbocycles. The summed E-state index contributed by atoms with van der Waals surface area (Å²) >= 11 is 0. The molecule has 0 fully saturated rings. The van der Waals surface area contributed by atoms with Gasteiger partial charge in [-0.1, -0.05) is 30.3 Å². The molecule has 0 unspecified atom stereocenters. The van der Waals surface area contributed by atoms with Crippen LogP contribution in [0.5, 0.6) is 0 Å². The van der Waals surface area contributed by atoms with Crippen LogP contribution in [-0.2, 0) is 13.6 Å². The van der Waals surface area contributed by atoms with Gasteiger partial charge in [0.05, 0.1) is 24.3 Å². The molecule has 122 valence electrons. The summed E-state index contributed by atoms with van der Waals surface area (Å²) in [6, 6.07) is 10.1. The third-order valence-corrected chi connectivity index (χ3v) is 4.30. The Kier molecular flexibility index (Phi) is 3.41. The van der Waals surface area contributed by atoms with Gasteiger partial charge in [0.25, 0.3) is 5.91 Å². The number of rotatable bonds is 2. The zero-order valence-corrected chi connectivity index (χ0v) is 13.6. The number of carbonyl (C=O) groups excluding carboxylic acids is 1. The van der Waals surface area contributed by atoms with E-state index in [0.717, 1.165) is 17.2 Å². The fourth-order valence-electron chi connectivity index (χ4n) is 3.18. The van der Waals surface area contributed by atoms with Crippen LogP contribution in [0.2, 0.25) is 0 Å². The molecule has 0 spiro atoms. The molecule has 7 nitrogen and oxygen atoms in total. The first-order valence-corrected chi connectivity index (χ1v) is 7.90. The topological polar surface area (TPSA) is 68.8 Å². The van der Waals surface area contributed by atoms with Crippen LogP contribution >= 0.6 is 0 Å². The summed E-state index contributed by atoms with van der Waals surface area (Å²) in [4.78, 5) is 14.5. The third-order valence-electron chi connectivity index (χ3n) is 4.30. The second kappa shape index (κ2) is 5.59. The number of hydrogen-bond acceptors (Lipinski definition) is 4. The lowest BCUT2D eigenvalue weighted by Gasteiger charge is -2.32. The Morgan fingerprint density at radius 1 is 1.21 bits per heavy atom. The van der Waals surface area contributed by atoms with Crippen molar-refractivity contribution in [2.45, 2.75) is 19.5 Å². The van der Waals surface area contributed by atoms with Crippen LogP contribution in [0.1, 0.15) is 29.1 Å². The van der Waals surface area contributed by atoms with Crippen molar-refractivity contribution in [3.05, 3.63) is 54.1 Å². The molecule has 3 heterocycles. The van der Waals surface area contributed by atoms with Crippen LogP contribution in [-0.4, -0.2) is 41.9 Å². The van der Waals surface area contributed by atoms with E-state index in [-0.39, 0.29) is 11.9 Å². The number of hydrogen-bond donors (Lipinski definition) is 0. The smallest absolute Gasteiger partial charge is 0.257 e. The van der Waals surface area contributed by atoms with E-state index in [1.165, 1.54) is 0 Å². The molecule has 0 saturated heterocycles. The molecule has 0 N–H and O–H groups in total. The Morgan fingerprint density at radius 2 is 2.00 bits per heavy atom. The van der Waals surface area contributed by atoms with E-state index in [9.17, 15) is 4.79 Å². The molecular weight excluding hydrogens is 304 g/mol. The Morgan fingerprint density at radius 3 is 2.71 bits per heavy atom. The van der Waals surface area contributed by atoms with Crippen molar-refractivity contribution in [3.8, 4) is 11.4 Å². The average molecular weight is 322 g/mol. The number of nitrogens with zero attached hydrogens (tertiary/aromatic N) is 6. The fraction of sp³-hybridized carbons (Fsp3) is 0.294. The molecule has 0 bridgehead atoms. The quantitative estimate of drug-likeness (QED) is 0.722. The van der Waals surface area contributed by atoms with E-state index in [1.54, 1.807) is 29.0 Å². The van der Waals surface area contributed by atoms with Gasteiger partial charge in [-0.25, -0.2) is 0 Å². The van der Waals surface area contributed by atoms with Gasteiger partial charge in [-0.3, -0.25) is 9.48 Å². The van der Waals surface area contributed by atoms with E-state index >= 15 is 0 Å². The van der Waals surface area contributed by atoms with E-state index in [1.807, 2.05) is 30.3 Å². The largest absolute Gasteiger partial charge is 0.329 e. The minimum Gasteiger partial charge on any atom is -0.329 e. The van der Waals surface area contributed by atoms with Crippen LogP contribution in [0.15, 0.2) is 42.7 Å². The molecule has 0 radical (unpaired) electrons. The maximum Gasteiger partial charge on any atom is 0.257 e. The highest BCUT2D eigenvalue weighted by atomic mass is 16.2. The zero-order chi connectivity index (χ0) is 16.7. The van der Waals surface area contributed by atoms with Crippen molar-refractivity contribution in [2.24, 2.45) is 7.05 Å². The van der Waals surface area contributed by atoms with Gasteiger partial charge in [0.2, 0.25) is 0 Å². The standard InChI is InChI=1S/C17H18N6O/c1-12-9-22(17(24)14-8-18-21(2)10-14)11-15-19-20-16(23(12)15)13-6-4-3-5-7-13/h3-8,10,12H,9,11H2,1-2H3/t12-/m0/s1. The number of fused-ring (bicyclic) bond motifs is 1. The molecule has 1 amide bonds. The highest BCUT2D eigenvalue weighted by Gasteiger charge is 2.30. The minimum atomic E-state index is -0.0227. The summed E-state index contributed by atoms with van der Waals surface area (Å²) in [6.45, 7) is 3.17. The molecule has 0 saturated carbocycles. The second-order valence-electron chi connectivity index (χ2n) is 6.11. The first kappa shape index (κ1) is 14.6. The van der Waals surface area contributed by atoms with Crippen LogP contribution in [0.3, 0.4) is 0 Å². The summed E-state index contributed by atoms with van der Waals surface area (Å²) in [6.07, 6.45) is 3.34. The number of aromatic nitrogens is 5. The van der Waals surface area contributed by atoms with Crippen molar-refractivity contribution in [1.29, 1.82) is 0 Å². The fourth-order valence-corrected chi connectivity index (χ4v) is 3.18. The van der Waals surface area contributed by atoms with Crippen molar-refractivity contribution in [1.82, 2.24) is 29.4 Å². The maximum atomic E-state index is 12.7. The molecule has 7 heteroatoms. The van der Waals surface area contributed by atoms with Crippen LogP contribution < -0.4 is 0 Å². The predicted octanol–water partition coefficient (Wildman–Crippen LogP) is 1.90. The first-order valence-electron chi connectivity index (χ1n) is 7.90. The van der Waals surface area contributed by atoms with Gasteiger partial charge in [0.15, 0.2) is 11.6 Å². The Balaban J connectivity index is 1.65. The van der Waals surface area contributed by atoms with Gasteiger partial charge in [0, 0.05) is 25.4 Å². The highest BCUT2D eigenvalue weighted by Crippen LogP contribution is 2.27. The third kappa shape index (κ3) is 2.38. The molecule has 24 heavy (non-hydrogen) atoms. The molecule has 2 aromatic heterocycles. The highest BCUT2D eigenvalue weighted by molar-refractivity contribution is 5.93. The molecular formula is C17H18N6O. The first-order chi connectivity index (χ1) is 11.6. The van der Waals surface area contributed by atoms with Crippen LogP contribution in [0.25, 0.3) is 11.4 Å². The minimum absolute atomic E-state index is 0.0227. The lowest BCUT2D eigenvalue weighted by atomic mass is 10.1. The van der Waals surface area contributed by atoms with E-state index in [4.69, 9.17) is 0 Å². The summed E-state index contributed by atoms with van der Waals surface area (Å²) in [5.74, 6) is 1.64. The summed E-state index contributed by atoms with van der Waals surface area (Å²) in [7, 11) is 1.80. The summed E-state index contributed by atoms with van der Waals surface area (Å²) in [5, 5.41) is 12.7. The molecule has 1 aliphatic heterocycles. The normalized spacial score (nSPS) is 16.9. The van der Waals surface area contributed by atoms with Gasteiger partial charge < -0.3 is 9.47 Å². The van der Waals surface area contributed by atoms with Crippen molar-refractivity contribution < 1.29 is 4.79 Å². The van der Waals surface area contributed by atoms with E-state index < -0.39 is 0 Å². The Labute approximate surface area is 139 Å². The van der Waals surface area contributed by atoms with Crippen LogP contribution in [0.4, 0.5) is 0 Å². The number of aryl methyl sites for hydroxylation is 1. The Bertz CT molecular complexity index is 882. The van der Waals surface area contributed by atoms with Gasteiger partial charge >= 0.3 is 0 Å². The lowest BCUT2D eigenvalue weighted by Crippen LogP contribution is -2.40. The van der Waals surface area contributed by atoms with Gasteiger partial charge in [0.1, 0.15) is 0 Å². The number of carbonyl (C=O) groups is 1. The van der Waals surface area contributed by atoms with E-state index in [0.29, 0.717) is 18.7 Å². The molecule has 4 rings (SSSR count). The number of amides is 1. The summed E-state index contributed by atoms with van der Waals surface area (Å²) < 4.78 is 3.76. The van der Waals surface area contributed by atoms with Crippen LogP contribution in [0, 0.1) is 0 Å². The monoisotopic (exact) mass is 322 g/mol. The molecule has 1 aliphatic rings. The molecule has 0 aliphatic carbocycles. The van der Waals surface area contributed by atoms with Crippen molar-refractivity contribution in [3.63, 3.8) is 0 Å². The van der Waals surface area contributed by atoms with E-state index in [2.05, 4.69) is 26.8 Å². The number of benzene rings is 1. The predicted molar refractivity (Wildman–Crippen MR) is 88.1 cm³/mol. The zero-order valence-electron chi connectivity index (χ0n) is 13.6. The van der Waals surface area contributed by atoms with Gasteiger partial charge in [-0.2, -0.15) is 5.10 Å². The van der Waals surface area contributed by atoms with Gasteiger partial charge in [-0.05, 0) is 6.92 Å². The molecule has 3 aromatic rings. The van der Waals surface area contributed by atoms with Crippen molar-refractivity contribution >= 4 is 5.91 Å². The summed E-state index contributed by atoms with van der Waals surface area (Å²) in [5.41, 5.74) is 1.64. The lowest BCUT2D eigenvalue weighted by molar-refractivity contribution is 0.0682. The van der Waals surface area contributed by atoms with Crippen molar-refractivity contribution in [2.75, 3.05) is 6.54 Å². The second-order valence-corrected chi connectivity index (χ2v) is 6.11. The van der Waals surface area contributed by atoms with Gasteiger partial charge in [-0.15, -0.1) is 10.2 Å². The maximum absolute atomic E-state index is 12.7. The average Bonchev–Trinajstić information content (AvgIpc) is 3.21. The molecule has 1 atom stereocenters. The SMILES string of the molecule is C[C@H]1CN(C(=O)c2cnn(C)c2)Cc2nnc(-c3ccccc3)n21. The Hall–Kier alpha value is -2.96.